The first-order valence-electron chi connectivity index (χ1n) is 5.57. The zero-order valence-electron chi connectivity index (χ0n) is 8.84. The minimum Gasteiger partial charge on any atom is -0.468 e. The largest absolute Gasteiger partial charge is 0.468 e. The molecule has 0 aromatic carbocycles. The molecule has 1 atom stereocenters. The highest BCUT2D eigenvalue weighted by atomic mass is 16.5. The van der Waals surface area contributed by atoms with Crippen molar-refractivity contribution in [1.82, 2.24) is 0 Å². The number of hydrogen-bond donors (Lipinski definition) is 0. The summed E-state index contributed by atoms with van der Waals surface area (Å²) < 4.78 is 4.97. The third-order valence-corrected chi connectivity index (χ3v) is 3.70. The van der Waals surface area contributed by atoms with E-state index in [1.54, 1.807) is 0 Å². The number of esters is 1. The van der Waals surface area contributed by atoms with Crippen molar-refractivity contribution in [2.75, 3.05) is 7.11 Å². The Labute approximate surface area is 85.3 Å². The first-order valence-corrected chi connectivity index (χ1v) is 5.57. The summed E-state index contributed by atoms with van der Waals surface area (Å²) >= 11 is 0. The molecular formula is C12H18O2. The Bertz CT molecular complexity index is 267. The topological polar surface area (TPSA) is 26.3 Å². The molecule has 2 aliphatic carbocycles. The number of carbonyl (C=O) groups excluding carboxylic acids is 1. The van der Waals surface area contributed by atoms with Gasteiger partial charge in [-0.25, -0.2) is 0 Å². The smallest absolute Gasteiger partial charge is 0.315 e. The maximum atomic E-state index is 11.9. The Morgan fingerprint density at radius 3 is 3.00 bits per heavy atom. The summed E-state index contributed by atoms with van der Waals surface area (Å²) in [5.41, 5.74) is 1.15. The molecule has 0 N–H and O–H groups in total. The maximum Gasteiger partial charge on any atom is 0.315 e. The summed E-state index contributed by atoms with van der Waals surface area (Å²) in [4.78, 5) is 11.9. The van der Waals surface area contributed by atoms with Crippen LogP contribution < -0.4 is 0 Å². The highest BCUT2D eigenvalue weighted by Crippen LogP contribution is 2.48. The SMILES string of the molecule is COC(=O)C12CCC=C1CCCCC2. The van der Waals surface area contributed by atoms with Crippen LogP contribution in [0.15, 0.2) is 11.6 Å². The van der Waals surface area contributed by atoms with Gasteiger partial charge in [-0.3, -0.25) is 4.79 Å². The molecule has 2 heteroatoms. The molecule has 2 rings (SSSR count). The molecule has 2 aliphatic rings. The van der Waals surface area contributed by atoms with Gasteiger partial charge in [0.2, 0.25) is 0 Å². The average molecular weight is 194 g/mol. The first kappa shape index (κ1) is 9.75. The number of carbonyl (C=O) groups is 1. The van der Waals surface area contributed by atoms with Crippen LogP contribution in [0.5, 0.6) is 0 Å². The summed E-state index contributed by atoms with van der Waals surface area (Å²) in [5.74, 6) is 0.00292. The van der Waals surface area contributed by atoms with Gasteiger partial charge in [-0.2, -0.15) is 0 Å². The molecule has 0 aliphatic heterocycles. The van der Waals surface area contributed by atoms with E-state index in [-0.39, 0.29) is 11.4 Å². The molecule has 0 spiro atoms. The van der Waals surface area contributed by atoms with Gasteiger partial charge < -0.3 is 4.74 Å². The molecule has 14 heavy (non-hydrogen) atoms. The van der Waals surface area contributed by atoms with Crippen molar-refractivity contribution in [3.05, 3.63) is 11.6 Å². The molecule has 0 bridgehead atoms. The Kier molecular flexibility index (Phi) is 2.62. The zero-order valence-corrected chi connectivity index (χ0v) is 8.84. The molecule has 1 unspecified atom stereocenters. The lowest BCUT2D eigenvalue weighted by Crippen LogP contribution is -2.31. The van der Waals surface area contributed by atoms with Gasteiger partial charge in [-0.1, -0.05) is 24.5 Å². The van der Waals surface area contributed by atoms with E-state index in [2.05, 4.69) is 6.08 Å². The molecule has 0 heterocycles. The lowest BCUT2D eigenvalue weighted by atomic mass is 9.77. The molecule has 1 fully saturated rings. The summed E-state index contributed by atoms with van der Waals surface area (Å²) in [6.45, 7) is 0. The minimum atomic E-state index is -0.217. The lowest BCUT2D eigenvalue weighted by molar-refractivity contribution is -0.150. The molecule has 0 radical (unpaired) electrons. The van der Waals surface area contributed by atoms with Gasteiger partial charge in [-0.05, 0) is 32.1 Å². The second kappa shape index (κ2) is 3.76. The third kappa shape index (κ3) is 1.37. The number of ether oxygens (including phenoxy) is 1. The number of rotatable bonds is 1. The molecule has 0 amide bonds. The Morgan fingerprint density at radius 2 is 2.21 bits per heavy atom. The van der Waals surface area contributed by atoms with Crippen molar-refractivity contribution in [2.24, 2.45) is 5.41 Å². The van der Waals surface area contributed by atoms with E-state index in [1.807, 2.05) is 0 Å². The van der Waals surface area contributed by atoms with Crippen molar-refractivity contribution >= 4 is 5.97 Å². The number of fused-ring (bicyclic) bond motifs is 1. The van der Waals surface area contributed by atoms with Gasteiger partial charge in [-0.15, -0.1) is 0 Å². The molecule has 1 saturated carbocycles. The van der Waals surface area contributed by atoms with E-state index in [4.69, 9.17) is 4.74 Å². The van der Waals surface area contributed by atoms with Crippen molar-refractivity contribution in [2.45, 2.75) is 44.9 Å². The van der Waals surface area contributed by atoms with E-state index in [0.717, 1.165) is 25.7 Å². The van der Waals surface area contributed by atoms with E-state index in [0.29, 0.717) is 0 Å². The normalized spacial score (nSPS) is 31.6. The summed E-state index contributed by atoms with van der Waals surface area (Å²) in [6.07, 6.45) is 10.1. The minimum absolute atomic E-state index is 0.00292. The summed E-state index contributed by atoms with van der Waals surface area (Å²) in [7, 11) is 1.51. The van der Waals surface area contributed by atoms with E-state index < -0.39 is 0 Å². The highest BCUT2D eigenvalue weighted by molar-refractivity contribution is 5.81. The standard InChI is InChI=1S/C12H18O2/c1-14-11(13)12-8-4-2-3-6-10(12)7-5-9-12/h7H,2-6,8-9H2,1H3. The third-order valence-electron chi connectivity index (χ3n) is 3.70. The fourth-order valence-corrected chi connectivity index (χ4v) is 2.93. The van der Waals surface area contributed by atoms with Crippen LogP contribution in [0.1, 0.15) is 44.9 Å². The molecule has 0 aromatic rings. The fraction of sp³-hybridized carbons (Fsp3) is 0.750. The van der Waals surface area contributed by atoms with Gasteiger partial charge in [0.1, 0.15) is 0 Å². The summed E-state index contributed by atoms with van der Waals surface area (Å²) in [5, 5.41) is 0. The van der Waals surface area contributed by atoms with Crippen LogP contribution in [-0.4, -0.2) is 13.1 Å². The first-order chi connectivity index (χ1) is 6.79. The average Bonchev–Trinajstić information content (AvgIpc) is 2.51. The molecule has 2 nitrogen and oxygen atoms in total. The van der Waals surface area contributed by atoms with Crippen molar-refractivity contribution in [1.29, 1.82) is 0 Å². The monoisotopic (exact) mass is 194 g/mol. The predicted octanol–water partition coefficient (Wildman–Crippen LogP) is 2.83. The van der Waals surface area contributed by atoms with E-state index in [1.165, 1.54) is 31.9 Å². The van der Waals surface area contributed by atoms with Crippen LogP contribution in [0.25, 0.3) is 0 Å². The number of hydrogen-bond acceptors (Lipinski definition) is 2. The van der Waals surface area contributed by atoms with Crippen LogP contribution in [0, 0.1) is 5.41 Å². The van der Waals surface area contributed by atoms with Gasteiger partial charge in [0.05, 0.1) is 12.5 Å². The van der Waals surface area contributed by atoms with Crippen LogP contribution in [-0.2, 0) is 9.53 Å². The lowest BCUT2D eigenvalue weighted by Gasteiger charge is -2.27. The highest BCUT2D eigenvalue weighted by Gasteiger charge is 2.45. The fourth-order valence-electron chi connectivity index (χ4n) is 2.93. The van der Waals surface area contributed by atoms with Crippen LogP contribution in [0.2, 0.25) is 0 Å². The maximum absolute atomic E-state index is 11.9. The Morgan fingerprint density at radius 1 is 1.36 bits per heavy atom. The Hall–Kier alpha value is -0.790. The Balaban J connectivity index is 2.28. The van der Waals surface area contributed by atoms with Crippen molar-refractivity contribution in [3.63, 3.8) is 0 Å². The number of methoxy groups -OCH3 is 1. The van der Waals surface area contributed by atoms with Gasteiger partial charge in [0.25, 0.3) is 0 Å². The van der Waals surface area contributed by atoms with E-state index >= 15 is 0 Å². The van der Waals surface area contributed by atoms with E-state index in [9.17, 15) is 4.79 Å². The predicted molar refractivity (Wildman–Crippen MR) is 54.9 cm³/mol. The van der Waals surface area contributed by atoms with Crippen LogP contribution in [0.4, 0.5) is 0 Å². The second-order valence-electron chi connectivity index (χ2n) is 4.40. The molecule has 0 saturated heterocycles. The molecular weight excluding hydrogens is 176 g/mol. The second-order valence-corrected chi connectivity index (χ2v) is 4.40. The molecule has 78 valence electrons. The van der Waals surface area contributed by atoms with Crippen molar-refractivity contribution in [3.8, 4) is 0 Å². The van der Waals surface area contributed by atoms with Gasteiger partial charge in [0, 0.05) is 0 Å². The summed E-state index contributed by atoms with van der Waals surface area (Å²) in [6, 6.07) is 0. The van der Waals surface area contributed by atoms with Gasteiger partial charge >= 0.3 is 5.97 Å². The number of allylic oxidation sites excluding steroid dienone is 1. The van der Waals surface area contributed by atoms with Crippen LogP contribution in [0.3, 0.4) is 0 Å². The zero-order chi connectivity index (χ0) is 10.0. The molecule has 0 aromatic heterocycles. The van der Waals surface area contributed by atoms with Crippen LogP contribution >= 0.6 is 0 Å². The van der Waals surface area contributed by atoms with Crippen molar-refractivity contribution < 1.29 is 9.53 Å². The quantitative estimate of drug-likeness (QED) is 0.474. The van der Waals surface area contributed by atoms with Gasteiger partial charge in [0.15, 0.2) is 0 Å².